The summed E-state index contributed by atoms with van der Waals surface area (Å²) < 4.78 is 40.5. The second kappa shape index (κ2) is 7.53. The maximum atomic E-state index is 12.9. The summed E-state index contributed by atoms with van der Waals surface area (Å²) in [5.41, 5.74) is 1.75. The fourth-order valence-electron chi connectivity index (χ4n) is 3.10. The average molecular weight is 368 g/mol. The fraction of sp³-hybridized carbons (Fsp3) is 0.529. The van der Waals surface area contributed by atoms with Crippen molar-refractivity contribution in [2.75, 3.05) is 33.2 Å². The monoisotopic (exact) mass is 368 g/mol. The maximum Gasteiger partial charge on any atom is 0.403 e. The summed E-state index contributed by atoms with van der Waals surface area (Å²) >= 11 is 0. The minimum Gasteiger partial charge on any atom is -0.351 e. The molecule has 1 atom stereocenters. The number of halogens is 3. The van der Waals surface area contributed by atoms with Crippen molar-refractivity contribution in [2.24, 2.45) is 4.99 Å². The normalized spacial score (nSPS) is 18.3. The van der Waals surface area contributed by atoms with E-state index in [1.165, 1.54) is 11.8 Å². The zero-order chi connectivity index (χ0) is 18.7. The summed E-state index contributed by atoms with van der Waals surface area (Å²) in [6.45, 7) is 3.45. The van der Waals surface area contributed by atoms with Gasteiger partial charge in [-0.25, -0.2) is 4.98 Å². The molecule has 0 aromatic carbocycles. The highest BCUT2D eigenvalue weighted by Gasteiger charge is 2.41. The summed E-state index contributed by atoms with van der Waals surface area (Å²) in [6.07, 6.45) is -0.314. The van der Waals surface area contributed by atoms with Crippen LogP contribution in [0.4, 0.5) is 13.2 Å². The Bertz CT molecular complexity index is 728. The molecule has 1 fully saturated rings. The molecule has 1 saturated heterocycles. The Morgan fingerprint density at radius 3 is 2.62 bits per heavy atom. The Balaban J connectivity index is 1.55. The molecule has 3 rings (SSSR count). The summed E-state index contributed by atoms with van der Waals surface area (Å²) in [7, 11) is 1.68. The van der Waals surface area contributed by atoms with Gasteiger partial charge in [0.15, 0.2) is 5.96 Å². The Kier molecular flexibility index (Phi) is 5.36. The molecule has 9 heteroatoms. The average Bonchev–Trinajstić information content (AvgIpc) is 3.04. The van der Waals surface area contributed by atoms with E-state index < -0.39 is 12.2 Å². The van der Waals surface area contributed by atoms with Crippen molar-refractivity contribution >= 4 is 11.6 Å². The van der Waals surface area contributed by atoms with Crippen LogP contribution in [0.15, 0.2) is 35.6 Å². The number of rotatable bonds is 3. The first-order valence-corrected chi connectivity index (χ1v) is 8.57. The van der Waals surface area contributed by atoms with Gasteiger partial charge in [-0.3, -0.25) is 9.89 Å². The SMILES string of the molecule is CN=C(NCc1cn2ccccc2n1)N1CCN(C(C)C(F)(F)F)CC1. The molecule has 1 unspecified atom stereocenters. The zero-order valence-corrected chi connectivity index (χ0v) is 14.9. The summed E-state index contributed by atoms with van der Waals surface area (Å²) in [6, 6.07) is 4.38. The van der Waals surface area contributed by atoms with Crippen LogP contribution in [-0.2, 0) is 6.54 Å². The van der Waals surface area contributed by atoms with Gasteiger partial charge in [0.25, 0.3) is 0 Å². The molecule has 0 amide bonds. The number of aliphatic imine (C=N–C) groups is 1. The van der Waals surface area contributed by atoms with Gasteiger partial charge < -0.3 is 14.6 Å². The number of piperazine rings is 1. The van der Waals surface area contributed by atoms with Crippen LogP contribution >= 0.6 is 0 Å². The molecule has 0 saturated carbocycles. The molecule has 26 heavy (non-hydrogen) atoms. The van der Waals surface area contributed by atoms with E-state index >= 15 is 0 Å². The minimum atomic E-state index is -4.19. The van der Waals surface area contributed by atoms with Crippen LogP contribution in [0.5, 0.6) is 0 Å². The third kappa shape index (κ3) is 4.09. The standard InChI is InChI=1S/C17H23F3N6/c1-13(17(18,19)20)24-7-9-25(10-8-24)16(21-2)22-11-14-12-26-6-4-3-5-15(26)23-14/h3-6,12-13H,7-11H2,1-2H3,(H,21,22). The molecule has 0 bridgehead atoms. The molecule has 6 nitrogen and oxygen atoms in total. The summed E-state index contributed by atoms with van der Waals surface area (Å²) in [5, 5.41) is 3.25. The molecule has 1 aliphatic rings. The van der Waals surface area contributed by atoms with E-state index in [2.05, 4.69) is 15.3 Å². The van der Waals surface area contributed by atoms with Crippen molar-refractivity contribution in [3.05, 3.63) is 36.3 Å². The molecule has 3 heterocycles. The largest absolute Gasteiger partial charge is 0.403 e. The molecule has 0 radical (unpaired) electrons. The topological polar surface area (TPSA) is 48.2 Å². The zero-order valence-electron chi connectivity index (χ0n) is 14.9. The first-order valence-electron chi connectivity index (χ1n) is 8.57. The van der Waals surface area contributed by atoms with Gasteiger partial charge in [0, 0.05) is 45.6 Å². The van der Waals surface area contributed by atoms with Gasteiger partial charge in [0.05, 0.1) is 12.2 Å². The summed E-state index contributed by atoms with van der Waals surface area (Å²) in [4.78, 5) is 12.2. The second-order valence-corrected chi connectivity index (χ2v) is 6.34. The predicted molar refractivity (Wildman–Crippen MR) is 94.1 cm³/mol. The fourth-order valence-corrected chi connectivity index (χ4v) is 3.10. The van der Waals surface area contributed by atoms with Crippen molar-refractivity contribution in [3.63, 3.8) is 0 Å². The molecule has 2 aromatic rings. The molecule has 1 aliphatic heterocycles. The predicted octanol–water partition coefficient (Wildman–Crippen LogP) is 1.98. The Labute approximate surface area is 150 Å². The number of hydrogen-bond donors (Lipinski definition) is 1. The number of hydrogen-bond acceptors (Lipinski definition) is 3. The Morgan fingerprint density at radius 1 is 1.27 bits per heavy atom. The van der Waals surface area contributed by atoms with Gasteiger partial charge in [-0.1, -0.05) is 6.07 Å². The molecule has 0 aliphatic carbocycles. The van der Waals surface area contributed by atoms with Crippen LogP contribution in [0.1, 0.15) is 12.6 Å². The number of imidazole rings is 1. The first kappa shape index (κ1) is 18.5. The number of nitrogens with one attached hydrogen (secondary N) is 1. The maximum absolute atomic E-state index is 12.9. The van der Waals surface area contributed by atoms with Gasteiger partial charge in [-0.2, -0.15) is 13.2 Å². The molecule has 2 aromatic heterocycles. The van der Waals surface area contributed by atoms with Gasteiger partial charge in [0.1, 0.15) is 11.7 Å². The molecule has 0 spiro atoms. The van der Waals surface area contributed by atoms with E-state index in [4.69, 9.17) is 0 Å². The first-order chi connectivity index (χ1) is 12.4. The van der Waals surface area contributed by atoms with Gasteiger partial charge in [-0.05, 0) is 19.1 Å². The van der Waals surface area contributed by atoms with E-state index in [0.717, 1.165) is 11.3 Å². The lowest BCUT2D eigenvalue weighted by Gasteiger charge is -2.39. The van der Waals surface area contributed by atoms with E-state index in [1.54, 1.807) is 7.05 Å². The number of aromatic nitrogens is 2. The third-order valence-electron chi connectivity index (χ3n) is 4.69. The van der Waals surface area contributed by atoms with Crippen LogP contribution in [-0.4, -0.2) is 70.6 Å². The Morgan fingerprint density at radius 2 is 2.00 bits per heavy atom. The van der Waals surface area contributed by atoms with Crippen LogP contribution in [0, 0.1) is 0 Å². The van der Waals surface area contributed by atoms with Crippen LogP contribution in [0.3, 0.4) is 0 Å². The van der Waals surface area contributed by atoms with Crippen molar-refractivity contribution in [3.8, 4) is 0 Å². The molecular weight excluding hydrogens is 345 g/mol. The van der Waals surface area contributed by atoms with Gasteiger partial charge in [0.2, 0.25) is 0 Å². The number of fused-ring (bicyclic) bond motifs is 1. The molecular formula is C17H23F3N6. The molecule has 142 valence electrons. The number of nitrogens with zero attached hydrogens (tertiary/aromatic N) is 5. The highest BCUT2D eigenvalue weighted by molar-refractivity contribution is 5.80. The van der Waals surface area contributed by atoms with E-state index in [-0.39, 0.29) is 0 Å². The number of pyridine rings is 1. The van der Waals surface area contributed by atoms with Gasteiger partial charge in [-0.15, -0.1) is 0 Å². The smallest absolute Gasteiger partial charge is 0.351 e. The lowest BCUT2D eigenvalue weighted by atomic mass is 10.2. The van der Waals surface area contributed by atoms with Crippen molar-refractivity contribution in [1.82, 2.24) is 24.5 Å². The van der Waals surface area contributed by atoms with Crippen LogP contribution < -0.4 is 5.32 Å². The Hall–Kier alpha value is -2.29. The van der Waals surface area contributed by atoms with Crippen molar-refractivity contribution in [1.29, 1.82) is 0 Å². The minimum absolute atomic E-state index is 0.357. The molecule has 1 N–H and O–H groups in total. The van der Waals surface area contributed by atoms with Crippen molar-refractivity contribution in [2.45, 2.75) is 25.7 Å². The quantitative estimate of drug-likeness (QED) is 0.665. The second-order valence-electron chi connectivity index (χ2n) is 6.34. The third-order valence-corrected chi connectivity index (χ3v) is 4.69. The van der Waals surface area contributed by atoms with Crippen LogP contribution in [0.25, 0.3) is 5.65 Å². The summed E-state index contributed by atoms with van der Waals surface area (Å²) in [5.74, 6) is 0.682. The van der Waals surface area contributed by atoms with E-state index in [0.29, 0.717) is 38.7 Å². The number of guanidine groups is 1. The highest BCUT2D eigenvalue weighted by atomic mass is 19.4. The van der Waals surface area contributed by atoms with E-state index in [9.17, 15) is 13.2 Å². The lowest BCUT2D eigenvalue weighted by Crippen LogP contribution is -2.56. The van der Waals surface area contributed by atoms with Crippen LogP contribution in [0.2, 0.25) is 0 Å². The van der Waals surface area contributed by atoms with Crippen molar-refractivity contribution < 1.29 is 13.2 Å². The highest BCUT2D eigenvalue weighted by Crippen LogP contribution is 2.25. The lowest BCUT2D eigenvalue weighted by molar-refractivity contribution is -0.181. The van der Waals surface area contributed by atoms with Gasteiger partial charge >= 0.3 is 6.18 Å². The number of alkyl halides is 3. The van der Waals surface area contributed by atoms with E-state index in [1.807, 2.05) is 39.9 Å².